The Morgan fingerprint density at radius 1 is 1.02 bits per heavy atom. The number of carboxylic acid groups (broad SMARTS) is 1. The average Bonchev–Trinajstić information content (AvgIpc) is 3.48. The molecule has 266 valence electrons. The third-order valence-electron chi connectivity index (χ3n) is 9.32. The normalized spacial score (nSPS) is 14.4. The summed E-state index contributed by atoms with van der Waals surface area (Å²) in [7, 11) is 1.67. The van der Waals surface area contributed by atoms with E-state index in [9.17, 15) is 19.1 Å². The minimum atomic E-state index is -0.918. The minimum Gasteiger partial charge on any atom is -0.481 e. The number of likely N-dealkylation sites (tertiary alicyclic amines) is 1. The van der Waals surface area contributed by atoms with Crippen LogP contribution in [0.5, 0.6) is 5.88 Å². The van der Waals surface area contributed by atoms with E-state index >= 15 is 0 Å². The monoisotopic (exact) mass is 713 g/mol. The topological polar surface area (TPSA) is 119 Å². The standard InChI is InChI=1S/C39H41ClFN5O5/c1-50-19-18-46-35-13-11-28(39(49)42-23-30(21-38(47)48)26-6-3-2-4-7-26)20-34(35)43-36(46)24-45-16-14-27(15-17-45)33-8-5-9-37(44-33)51-25-29-10-12-31(40)22-32(29)41/h2-13,20,22,27,30H,14-19,21,23-25H2,1H3,(H,42,49)(H,47,48). The number of halogens is 2. The number of aliphatic carboxylic acids is 1. The Labute approximate surface area is 301 Å². The number of amides is 1. The van der Waals surface area contributed by atoms with Crippen LogP contribution in [0.3, 0.4) is 0 Å². The molecule has 3 heterocycles. The molecule has 6 rings (SSSR count). The van der Waals surface area contributed by atoms with E-state index in [1.165, 1.54) is 6.07 Å². The van der Waals surface area contributed by atoms with Crippen molar-refractivity contribution in [1.82, 2.24) is 24.8 Å². The average molecular weight is 714 g/mol. The molecule has 5 aromatic rings. The number of benzene rings is 3. The van der Waals surface area contributed by atoms with Gasteiger partial charge in [-0.15, -0.1) is 0 Å². The van der Waals surface area contributed by atoms with Crippen molar-refractivity contribution in [3.8, 4) is 5.88 Å². The largest absolute Gasteiger partial charge is 0.481 e. The van der Waals surface area contributed by atoms with Gasteiger partial charge in [-0.3, -0.25) is 14.5 Å². The number of nitrogens with one attached hydrogen (secondary N) is 1. The third kappa shape index (κ3) is 9.29. The lowest BCUT2D eigenvalue weighted by Crippen LogP contribution is -2.33. The quantitative estimate of drug-likeness (QED) is 0.121. The van der Waals surface area contributed by atoms with E-state index in [0.717, 1.165) is 48.5 Å². The van der Waals surface area contributed by atoms with Crippen LogP contribution in [-0.2, 0) is 29.2 Å². The van der Waals surface area contributed by atoms with Crippen molar-refractivity contribution >= 4 is 34.5 Å². The third-order valence-corrected chi connectivity index (χ3v) is 9.55. The number of hydrogen-bond donors (Lipinski definition) is 2. The number of carboxylic acids is 1. The van der Waals surface area contributed by atoms with Gasteiger partial charge in [0.15, 0.2) is 0 Å². The van der Waals surface area contributed by atoms with E-state index in [2.05, 4.69) is 14.8 Å². The Morgan fingerprint density at radius 3 is 2.57 bits per heavy atom. The first kappa shape index (κ1) is 36.0. The van der Waals surface area contributed by atoms with Crippen LogP contribution in [-0.4, -0.2) is 69.8 Å². The maximum atomic E-state index is 14.2. The summed E-state index contributed by atoms with van der Waals surface area (Å²) in [6.07, 6.45) is 1.74. The Balaban J connectivity index is 1.09. The number of aromatic nitrogens is 3. The van der Waals surface area contributed by atoms with E-state index < -0.39 is 11.8 Å². The maximum absolute atomic E-state index is 14.2. The Kier molecular flexibility index (Phi) is 11.9. The number of pyridine rings is 1. The number of carbonyl (C=O) groups is 2. The summed E-state index contributed by atoms with van der Waals surface area (Å²) in [5.41, 5.74) is 4.34. The van der Waals surface area contributed by atoms with Gasteiger partial charge >= 0.3 is 5.97 Å². The fraction of sp³-hybridized carbons (Fsp3) is 0.333. The molecule has 1 atom stereocenters. The van der Waals surface area contributed by atoms with Crippen molar-refractivity contribution in [1.29, 1.82) is 0 Å². The minimum absolute atomic E-state index is 0.0651. The number of ether oxygens (including phenoxy) is 2. The molecule has 0 radical (unpaired) electrons. The molecule has 51 heavy (non-hydrogen) atoms. The second kappa shape index (κ2) is 16.9. The zero-order valence-corrected chi connectivity index (χ0v) is 29.2. The fourth-order valence-electron chi connectivity index (χ4n) is 6.55. The van der Waals surface area contributed by atoms with Gasteiger partial charge in [-0.05, 0) is 67.9 Å². The number of carbonyl (C=O) groups excluding carboxylic acids is 1. The van der Waals surface area contributed by atoms with Crippen molar-refractivity contribution in [2.24, 2.45) is 0 Å². The number of hydrogen-bond acceptors (Lipinski definition) is 7. The maximum Gasteiger partial charge on any atom is 0.304 e. The van der Waals surface area contributed by atoms with Crippen molar-refractivity contribution < 1.29 is 28.6 Å². The number of rotatable bonds is 15. The summed E-state index contributed by atoms with van der Waals surface area (Å²) in [5, 5.41) is 12.7. The summed E-state index contributed by atoms with van der Waals surface area (Å²) in [5.74, 6) is -0.333. The molecule has 0 spiro atoms. The molecule has 2 N–H and O–H groups in total. The fourth-order valence-corrected chi connectivity index (χ4v) is 6.71. The van der Waals surface area contributed by atoms with Crippen LogP contribution in [0.25, 0.3) is 11.0 Å². The van der Waals surface area contributed by atoms with Gasteiger partial charge in [0.25, 0.3) is 5.91 Å². The summed E-state index contributed by atoms with van der Waals surface area (Å²) < 4.78 is 27.6. The molecular formula is C39H41ClFN5O5. The van der Waals surface area contributed by atoms with Gasteiger partial charge < -0.3 is 24.5 Å². The van der Waals surface area contributed by atoms with E-state index in [1.807, 2.05) is 48.5 Å². The number of methoxy groups -OCH3 is 1. The zero-order chi connectivity index (χ0) is 35.7. The van der Waals surface area contributed by atoms with Crippen LogP contribution in [0.4, 0.5) is 4.39 Å². The van der Waals surface area contributed by atoms with Crippen LogP contribution in [0.15, 0.2) is 84.9 Å². The first-order chi connectivity index (χ1) is 24.8. The van der Waals surface area contributed by atoms with Gasteiger partial charge in [0.1, 0.15) is 18.2 Å². The Hall–Kier alpha value is -4.84. The second-order valence-electron chi connectivity index (χ2n) is 12.8. The zero-order valence-electron chi connectivity index (χ0n) is 28.4. The van der Waals surface area contributed by atoms with E-state index in [4.69, 9.17) is 31.0 Å². The highest BCUT2D eigenvalue weighted by Gasteiger charge is 2.24. The molecule has 1 saturated heterocycles. The number of nitrogens with zero attached hydrogens (tertiary/aromatic N) is 4. The van der Waals surface area contributed by atoms with E-state index in [1.54, 1.807) is 37.4 Å². The molecular weight excluding hydrogens is 673 g/mol. The second-order valence-corrected chi connectivity index (χ2v) is 13.2. The first-order valence-electron chi connectivity index (χ1n) is 17.1. The lowest BCUT2D eigenvalue weighted by atomic mass is 9.93. The van der Waals surface area contributed by atoms with Crippen LogP contribution in [0.2, 0.25) is 5.02 Å². The highest BCUT2D eigenvalue weighted by Crippen LogP contribution is 2.30. The highest BCUT2D eigenvalue weighted by molar-refractivity contribution is 6.30. The summed E-state index contributed by atoms with van der Waals surface area (Å²) in [6.45, 7) is 3.75. The summed E-state index contributed by atoms with van der Waals surface area (Å²) in [6, 6.07) is 25.1. The lowest BCUT2D eigenvalue weighted by Gasteiger charge is -2.31. The molecule has 12 heteroatoms. The molecule has 3 aromatic carbocycles. The van der Waals surface area contributed by atoms with Crippen LogP contribution in [0.1, 0.15) is 64.1 Å². The van der Waals surface area contributed by atoms with Crippen molar-refractivity contribution in [3.05, 3.63) is 124 Å². The molecule has 2 aromatic heterocycles. The van der Waals surface area contributed by atoms with Crippen molar-refractivity contribution in [2.75, 3.05) is 33.4 Å². The smallest absolute Gasteiger partial charge is 0.304 e. The molecule has 1 aliphatic rings. The highest BCUT2D eigenvalue weighted by atomic mass is 35.5. The Morgan fingerprint density at radius 2 is 1.82 bits per heavy atom. The number of piperidine rings is 1. The van der Waals surface area contributed by atoms with Crippen molar-refractivity contribution in [3.63, 3.8) is 0 Å². The molecule has 1 aliphatic heterocycles. The molecule has 0 aliphatic carbocycles. The first-order valence-corrected chi connectivity index (χ1v) is 17.4. The van der Waals surface area contributed by atoms with Crippen LogP contribution in [0, 0.1) is 5.82 Å². The van der Waals surface area contributed by atoms with Crippen LogP contribution >= 0.6 is 11.6 Å². The predicted molar refractivity (Wildman–Crippen MR) is 193 cm³/mol. The number of imidazole rings is 1. The molecule has 1 amide bonds. The van der Waals surface area contributed by atoms with Gasteiger partial charge in [-0.25, -0.2) is 14.4 Å². The van der Waals surface area contributed by atoms with Gasteiger partial charge in [0.2, 0.25) is 5.88 Å². The summed E-state index contributed by atoms with van der Waals surface area (Å²) in [4.78, 5) is 36.8. The van der Waals surface area contributed by atoms with Crippen molar-refractivity contribution in [2.45, 2.75) is 50.8 Å². The molecule has 1 fully saturated rings. The van der Waals surface area contributed by atoms with E-state index in [-0.39, 0.29) is 37.3 Å². The van der Waals surface area contributed by atoms with Gasteiger partial charge in [0, 0.05) is 59.9 Å². The number of fused-ring (bicyclic) bond motifs is 1. The van der Waals surface area contributed by atoms with Gasteiger partial charge in [-0.2, -0.15) is 0 Å². The molecule has 0 bridgehead atoms. The Bertz CT molecular complexity index is 1960. The SMILES string of the molecule is COCCn1c(CN2CCC(c3cccc(OCc4ccc(Cl)cc4F)n3)CC2)nc2cc(C(=O)NCC(CC(=O)O)c3ccccc3)ccc21. The molecule has 1 unspecified atom stereocenters. The van der Waals surface area contributed by atoms with Gasteiger partial charge in [0.05, 0.1) is 30.6 Å². The lowest BCUT2D eigenvalue weighted by molar-refractivity contribution is -0.137. The van der Waals surface area contributed by atoms with Gasteiger partial charge in [-0.1, -0.05) is 54.1 Å². The summed E-state index contributed by atoms with van der Waals surface area (Å²) >= 11 is 5.87. The predicted octanol–water partition coefficient (Wildman–Crippen LogP) is 6.82. The van der Waals surface area contributed by atoms with E-state index in [0.29, 0.717) is 47.2 Å². The van der Waals surface area contributed by atoms with Crippen LogP contribution < -0.4 is 10.1 Å². The molecule has 10 nitrogen and oxygen atoms in total. The molecule has 0 saturated carbocycles.